The number of carbonyl (C=O) groups excluding carboxylic acids is 2. The van der Waals surface area contributed by atoms with E-state index in [9.17, 15) is 14.0 Å². The molecule has 0 saturated carbocycles. The second kappa shape index (κ2) is 6.84. The number of ether oxygens (including phenoxy) is 1. The molecule has 2 atom stereocenters. The van der Waals surface area contributed by atoms with E-state index in [2.05, 4.69) is 10.1 Å². The number of hydrogen-bond donors (Lipinski definition) is 2. The van der Waals surface area contributed by atoms with Crippen molar-refractivity contribution in [3.63, 3.8) is 0 Å². The van der Waals surface area contributed by atoms with E-state index in [1.807, 2.05) is 0 Å². The summed E-state index contributed by atoms with van der Waals surface area (Å²) in [5.74, 6) is -1.84. The van der Waals surface area contributed by atoms with Crippen LogP contribution in [0.5, 0.6) is 0 Å². The Morgan fingerprint density at radius 2 is 2.16 bits per heavy atom. The number of halogens is 1. The topological polar surface area (TPSA) is 81.4 Å². The molecule has 19 heavy (non-hydrogen) atoms. The van der Waals surface area contributed by atoms with E-state index in [1.54, 1.807) is 26.0 Å². The fraction of sp³-hybridized carbons (Fsp3) is 0.385. The van der Waals surface area contributed by atoms with Gasteiger partial charge in [0.2, 0.25) is 5.91 Å². The second-order valence-corrected chi connectivity index (χ2v) is 4.02. The molecular weight excluding hydrogens is 251 g/mol. The lowest BCUT2D eigenvalue weighted by Gasteiger charge is -2.17. The molecule has 0 aliphatic rings. The highest BCUT2D eigenvalue weighted by Crippen LogP contribution is 2.13. The van der Waals surface area contributed by atoms with E-state index in [1.165, 1.54) is 12.1 Å². The van der Waals surface area contributed by atoms with Crippen LogP contribution in [0.3, 0.4) is 0 Å². The highest BCUT2D eigenvalue weighted by molar-refractivity contribution is 6.01. The van der Waals surface area contributed by atoms with Crippen molar-refractivity contribution < 1.29 is 18.7 Å². The number of amides is 1. The molecule has 104 valence electrons. The van der Waals surface area contributed by atoms with Crippen molar-refractivity contribution >= 4 is 11.9 Å². The first-order valence-electron chi connectivity index (χ1n) is 5.93. The molecule has 3 N–H and O–H groups in total. The van der Waals surface area contributed by atoms with Crippen molar-refractivity contribution in [2.45, 2.75) is 25.9 Å². The van der Waals surface area contributed by atoms with Gasteiger partial charge in [0.25, 0.3) is 0 Å². The molecule has 1 rings (SSSR count). The number of nitrogens with one attached hydrogen (secondary N) is 1. The lowest BCUT2D eigenvalue weighted by molar-refractivity contribution is -0.148. The average Bonchev–Trinajstić information content (AvgIpc) is 2.37. The Hall–Kier alpha value is -1.95. The van der Waals surface area contributed by atoms with Gasteiger partial charge in [-0.2, -0.15) is 0 Å². The monoisotopic (exact) mass is 268 g/mol. The van der Waals surface area contributed by atoms with E-state index in [0.717, 1.165) is 0 Å². The van der Waals surface area contributed by atoms with Gasteiger partial charge in [-0.15, -0.1) is 0 Å². The number of esters is 1. The van der Waals surface area contributed by atoms with Crippen LogP contribution < -0.4 is 11.1 Å². The van der Waals surface area contributed by atoms with E-state index in [-0.39, 0.29) is 6.61 Å². The summed E-state index contributed by atoms with van der Waals surface area (Å²) >= 11 is 0. The number of hydrogen-bond acceptors (Lipinski definition) is 4. The first-order chi connectivity index (χ1) is 8.95. The zero-order valence-electron chi connectivity index (χ0n) is 10.9. The Morgan fingerprint density at radius 1 is 1.47 bits per heavy atom. The SMILES string of the molecule is CCOC(=O)C(N)C(=O)N[C@@H](C)c1cccc(F)c1. The summed E-state index contributed by atoms with van der Waals surface area (Å²) in [5.41, 5.74) is 6.03. The molecule has 0 saturated heterocycles. The minimum atomic E-state index is -1.38. The first kappa shape index (κ1) is 15.1. The average molecular weight is 268 g/mol. The van der Waals surface area contributed by atoms with Gasteiger partial charge < -0.3 is 15.8 Å². The maximum absolute atomic E-state index is 13.0. The van der Waals surface area contributed by atoms with E-state index < -0.39 is 29.8 Å². The van der Waals surface area contributed by atoms with Gasteiger partial charge in [-0.25, -0.2) is 9.18 Å². The largest absolute Gasteiger partial charge is 0.464 e. The van der Waals surface area contributed by atoms with Crippen LogP contribution >= 0.6 is 0 Å². The Kier molecular flexibility index (Phi) is 5.44. The molecule has 0 radical (unpaired) electrons. The van der Waals surface area contributed by atoms with Gasteiger partial charge in [-0.1, -0.05) is 12.1 Å². The molecule has 0 aliphatic carbocycles. The van der Waals surface area contributed by atoms with Gasteiger partial charge in [0.05, 0.1) is 12.6 Å². The Morgan fingerprint density at radius 3 is 2.74 bits per heavy atom. The van der Waals surface area contributed by atoms with Crippen LogP contribution in [0.4, 0.5) is 4.39 Å². The van der Waals surface area contributed by atoms with Crippen molar-refractivity contribution in [2.24, 2.45) is 5.73 Å². The Labute approximate surface area is 110 Å². The molecule has 0 heterocycles. The molecular formula is C13H17FN2O3. The Bertz CT molecular complexity index is 465. The molecule has 1 unspecified atom stereocenters. The minimum Gasteiger partial charge on any atom is -0.464 e. The fourth-order valence-electron chi connectivity index (χ4n) is 1.50. The predicted molar refractivity (Wildman–Crippen MR) is 67.6 cm³/mol. The van der Waals surface area contributed by atoms with Gasteiger partial charge in [-0.05, 0) is 31.5 Å². The molecule has 0 spiro atoms. The summed E-state index contributed by atoms with van der Waals surface area (Å²) in [4.78, 5) is 23.0. The standard InChI is InChI=1S/C13H17FN2O3/c1-3-19-13(18)11(15)12(17)16-8(2)9-5-4-6-10(14)7-9/h4-8,11H,3,15H2,1-2H3,(H,16,17)/t8-,11?/m0/s1. The van der Waals surface area contributed by atoms with E-state index in [0.29, 0.717) is 5.56 Å². The zero-order chi connectivity index (χ0) is 14.4. The summed E-state index contributed by atoms with van der Waals surface area (Å²) in [6.07, 6.45) is 0. The van der Waals surface area contributed by atoms with Crippen molar-refractivity contribution in [3.05, 3.63) is 35.6 Å². The lowest BCUT2D eigenvalue weighted by Crippen LogP contribution is -2.47. The molecule has 0 fully saturated rings. The fourth-order valence-corrected chi connectivity index (χ4v) is 1.50. The van der Waals surface area contributed by atoms with Gasteiger partial charge in [0.1, 0.15) is 5.82 Å². The van der Waals surface area contributed by atoms with E-state index in [4.69, 9.17) is 5.73 Å². The zero-order valence-corrected chi connectivity index (χ0v) is 10.9. The third-order valence-electron chi connectivity index (χ3n) is 2.53. The number of carbonyl (C=O) groups is 2. The maximum atomic E-state index is 13.0. The molecule has 1 aromatic carbocycles. The van der Waals surface area contributed by atoms with E-state index >= 15 is 0 Å². The third kappa shape index (κ3) is 4.33. The molecule has 0 bridgehead atoms. The van der Waals surface area contributed by atoms with Crippen molar-refractivity contribution in [1.29, 1.82) is 0 Å². The van der Waals surface area contributed by atoms with Gasteiger partial charge in [0.15, 0.2) is 6.04 Å². The summed E-state index contributed by atoms with van der Waals surface area (Å²) < 4.78 is 17.7. The smallest absolute Gasteiger partial charge is 0.332 e. The maximum Gasteiger partial charge on any atom is 0.332 e. The van der Waals surface area contributed by atoms with Crippen molar-refractivity contribution in [2.75, 3.05) is 6.61 Å². The molecule has 0 aliphatic heterocycles. The summed E-state index contributed by atoms with van der Waals surface area (Å²) in [6, 6.07) is 3.99. The summed E-state index contributed by atoms with van der Waals surface area (Å²) in [6.45, 7) is 3.45. The van der Waals surface area contributed by atoms with Crippen LogP contribution in [0.25, 0.3) is 0 Å². The van der Waals surface area contributed by atoms with Crippen LogP contribution in [0, 0.1) is 5.82 Å². The molecule has 1 amide bonds. The quantitative estimate of drug-likeness (QED) is 0.614. The predicted octanol–water partition coefficient (Wildman–Crippen LogP) is 0.893. The highest BCUT2D eigenvalue weighted by atomic mass is 19.1. The first-order valence-corrected chi connectivity index (χ1v) is 5.93. The van der Waals surface area contributed by atoms with Gasteiger partial charge in [-0.3, -0.25) is 4.79 Å². The molecule has 0 aromatic heterocycles. The second-order valence-electron chi connectivity index (χ2n) is 4.02. The van der Waals surface area contributed by atoms with Crippen molar-refractivity contribution in [3.8, 4) is 0 Å². The molecule has 5 nitrogen and oxygen atoms in total. The lowest BCUT2D eigenvalue weighted by atomic mass is 10.1. The highest BCUT2D eigenvalue weighted by Gasteiger charge is 2.24. The third-order valence-corrected chi connectivity index (χ3v) is 2.53. The van der Waals surface area contributed by atoms with Crippen LogP contribution in [-0.4, -0.2) is 24.5 Å². The van der Waals surface area contributed by atoms with Gasteiger partial charge >= 0.3 is 5.97 Å². The summed E-state index contributed by atoms with van der Waals surface area (Å²) in [7, 11) is 0. The molecule has 6 heteroatoms. The normalized spacial score (nSPS) is 13.5. The number of benzene rings is 1. The summed E-state index contributed by atoms with van der Waals surface area (Å²) in [5, 5.41) is 2.53. The number of nitrogens with two attached hydrogens (primary N) is 1. The van der Waals surface area contributed by atoms with Crippen LogP contribution in [0.2, 0.25) is 0 Å². The number of rotatable bonds is 5. The van der Waals surface area contributed by atoms with Crippen LogP contribution in [0.1, 0.15) is 25.5 Å². The minimum absolute atomic E-state index is 0.152. The van der Waals surface area contributed by atoms with Crippen molar-refractivity contribution in [1.82, 2.24) is 5.32 Å². The van der Waals surface area contributed by atoms with Gasteiger partial charge in [0, 0.05) is 0 Å². The van der Waals surface area contributed by atoms with Crippen LogP contribution in [0.15, 0.2) is 24.3 Å². The molecule has 1 aromatic rings. The van der Waals surface area contributed by atoms with Crippen LogP contribution in [-0.2, 0) is 14.3 Å². The Balaban J connectivity index is 2.64.